The highest BCUT2D eigenvalue weighted by atomic mass is 19.1. The second kappa shape index (κ2) is 7.07. The number of rotatable bonds is 5. The number of amides is 1. The molecule has 1 N–H and O–H groups in total. The molecule has 2 aromatic rings. The summed E-state index contributed by atoms with van der Waals surface area (Å²) in [5.74, 6) is 0.151. The van der Waals surface area contributed by atoms with E-state index in [0.717, 1.165) is 11.1 Å². The van der Waals surface area contributed by atoms with Crippen molar-refractivity contribution in [3.05, 3.63) is 65.5 Å². The van der Waals surface area contributed by atoms with Gasteiger partial charge < -0.3 is 10.1 Å². The molecule has 0 saturated carbocycles. The van der Waals surface area contributed by atoms with Crippen molar-refractivity contribution in [2.45, 2.75) is 32.9 Å². The Labute approximate surface area is 130 Å². The third-order valence-electron chi connectivity index (χ3n) is 3.43. The first-order valence-corrected chi connectivity index (χ1v) is 7.25. The smallest absolute Gasteiger partial charge is 0.261 e. The number of aryl methyl sites for hydroxylation is 1. The summed E-state index contributed by atoms with van der Waals surface area (Å²) in [6.07, 6.45) is -0.606. The number of halogens is 1. The van der Waals surface area contributed by atoms with Crippen LogP contribution in [0.4, 0.5) is 4.39 Å². The summed E-state index contributed by atoms with van der Waals surface area (Å²) in [6.45, 7) is 5.54. The highest BCUT2D eigenvalue weighted by Crippen LogP contribution is 2.15. The molecule has 3 nitrogen and oxygen atoms in total. The van der Waals surface area contributed by atoms with E-state index in [1.54, 1.807) is 19.1 Å². The van der Waals surface area contributed by atoms with Crippen LogP contribution >= 0.6 is 0 Å². The van der Waals surface area contributed by atoms with Crippen molar-refractivity contribution >= 4 is 5.91 Å². The number of carbonyl (C=O) groups excluding carboxylic acids is 1. The molecule has 4 heteroatoms. The van der Waals surface area contributed by atoms with E-state index in [4.69, 9.17) is 4.74 Å². The minimum Gasteiger partial charge on any atom is -0.481 e. The highest BCUT2D eigenvalue weighted by Gasteiger charge is 2.17. The van der Waals surface area contributed by atoms with Gasteiger partial charge in [-0.1, -0.05) is 29.8 Å². The van der Waals surface area contributed by atoms with Crippen LogP contribution in [0.1, 0.15) is 31.0 Å². The van der Waals surface area contributed by atoms with Crippen LogP contribution in [0.2, 0.25) is 0 Å². The molecule has 2 atom stereocenters. The molecule has 2 rings (SSSR count). The second-order valence-electron chi connectivity index (χ2n) is 5.35. The van der Waals surface area contributed by atoms with Gasteiger partial charge in [-0.3, -0.25) is 4.79 Å². The van der Waals surface area contributed by atoms with Gasteiger partial charge in [0.1, 0.15) is 11.6 Å². The van der Waals surface area contributed by atoms with Gasteiger partial charge in [0.25, 0.3) is 5.91 Å². The lowest BCUT2D eigenvalue weighted by Gasteiger charge is -2.19. The summed E-state index contributed by atoms with van der Waals surface area (Å²) < 4.78 is 18.5. The van der Waals surface area contributed by atoms with Crippen molar-refractivity contribution in [3.63, 3.8) is 0 Å². The maximum absolute atomic E-state index is 12.9. The molecular formula is C18H20FNO2. The first-order valence-electron chi connectivity index (χ1n) is 7.25. The van der Waals surface area contributed by atoms with Crippen molar-refractivity contribution in [1.29, 1.82) is 0 Å². The molecule has 116 valence electrons. The van der Waals surface area contributed by atoms with Crippen LogP contribution < -0.4 is 10.1 Å². The van der Waals surface area contributed by atoms with Crippen LogP contribution in [0.3, 0.4) is 0 Å². The van der Waals surface area contributed by atoms with Gasteiger partial charge in [-0.05, 0) is 50.6 Å². The second-order valence-corrected chi connectivity index (χ2v) is 5.35. The van der Waals surface area contributed by atoms with Crippen molar-refractivity contribution in [2.24, 2.45) is 0 Å². The molecule has 0 heterocycles. The van der Waals surface area contributed by atoms with Crippen molar-refractivity contribution in [3.8, 4) is 5.75 Å². The van der Waals surface area contributed by atoms with Gasteiger partial charge in [0.2, 0.25) is 0 Å². The average molecular weight is 301 g/mol. The Morgan fingerprint density at radius 1 is 1.05 bits per heavy atom. The van der Waals surface area contributed by atoms with Gasteiger partial charge in [0.15, 0.2) is 6.10 Å². The molecule has 0 aliphatic carbocycles. The molecule has 0 spiro atoms. The van der Waals surface area contributed by atoms with E-state index in [-0.39, 0.29) is 17.8 Å². The Kier molecular flexibility index (Phi) is 5.15. The van der Waals surface area contributed by atoms with Crippen LogP contribution in [-0.4, -0.2) is 12.0 Å². The molecule has 2 unspecified atom stereocenters. The normalized spacial score (nSPS) is 13.3. The van der Waals surface area contributed by atoms with E-state index < -0.39 is 6.10 Å². The third-order valence-corrected chi connectivity index (χ3v) is 3.43. The fourth-order valence-electron chi connectivity index (χ4n) is 2.04. The van der Waals surface area contributed by atoms with Crippen molar-refractivity contribution < 1.29 is 13.9 Å². The summed E-state index contributed by atoms with van der Waals surface area (Å²) in [5, 5.41) is 2.86. The lowest BCUT2D eigenvalue weighted by atomic mass is 10.1. The van der Waals surface area contributed by atoms with Crippen molar-refractivity contribution in [2.75, 3.05) is 0 Å². The molecule has 1 amide bonds. The molecule has 22 heavy (non-hydrogen) atoms. The molecule has 0 aromatic heterocycles. The van der Waals surface area contributed by atoms with E-state index in [0.29, 0.717) is 5.75 Å². The maximum Gasteiger partial charge on any atom is 0.261 e. The molecular weight excluding hydrogens is 281 g/mol. The molecule has 0 aliphatic heterocycles. The minimum absolute atomic E-state index is 0.211. The highest BCUT2D eigenvalue weighted by molar-refractivity contribution is 5.81. The average Bonchev–Trinajstić information content (AvgIpc) is 2.50. The number of benzene rings is 2. The number of carbonyl (C=O) groups is 1. The summed E-state index contributed by atoms with van der Waals surface area (Å²) in [6, 6.07) is 13.4. The summed E-state index contributed by atoms with van der Waals surface area (Å²) >= 11 is 0. The fraction of sp³-hybridized carbons (Fsp3) is 0.278. The van der Waals surface area contributed by atoms with Crippen LogP contribution in [-0.2, 0) is 4.79 Å². The first-order chi connectivity index (χ1) is 10.5. The van der Waals surface area contributed by atoms with E-state index in [1.807, 2.05) is 38.1 Å². The summed E-state index contributed by atoms with van der Waals surface area (Å²) in [5.41, 5.74) is 1.98. The lowest BCUT2D eigenvalue weighted by Crippen LogP contribution is -2.37. The quantitative estimate of drug-likeness (QED) is 0.912. The van der Waals surface area contributed by atoms with Gasteiger partial charge in [-0.15, -0.1) is 0 Å². The lowest BCUT2D eigenvalue weighted by molar-refractivity contribution is -0.127. The number of ether oxygens (including phenoxy) is 1. The molecule has 2 aromatic carbocycles. The Morgan fingerprint density at radius 2 is 1.64 bits per heavy atom. The van der Waals surface area contributed by atoms with E-state index >= 15 is 0 Å². The zero-order chi connectivity index (χ0) is 16.1. The number of hydrogen-bond donors (Lipinski definition) is 1. The third kappa shape index (κ3) is 4.32. The van der Waals surface area contributed by atoms with Crippen LogP contribution in [0.25, 0.3) is 0 Å². The predicted molar refractivity (Wildman–Crippen MR) is 84.2 cm³/mol. The molecule has 0 bridgehead atoms. The van der Waals surface area contributed by atoms with Gasteiger partial charge in [-0.25, -0.2) is 4.39 Å². The number of nitrogens with one attached hydrogen (secondary N) is 1. The van der Waals surface area contributed by atoms with Crippen molar-refractivity contribution in [1.82, 2.24) is 5.32 Å². The zero-order valence-corrected chi connectivity index (χ0v) is 13.0. The zero-order valence-electron chi connectivity index (χ0n) is 13.0. The SMILES string of the molecule is Cc1ccc(OC(C)C(=O)NC(C)c2ccc(F)cc2)cc1. The van der Waals surface area contributed by atoms with E-state index in [2.05, 4.69) is 5.32 Å². The standard InChI is InChI=1S/C18H20FNO2/c1-12-4-10-17(11-5-12)22-14(3)18(21)20-13(2)15-6-8-16(19)9-7-15/h4-11,13-14H,1-3H3,(H,20,21). The summed E-state index contributed by atoms with van der Waals surface area (Å²) in [7, 11) is 0. The number of hydrogen-bond acceptors (Lipinski definition) is 2. The molecule has 0 aliphatic rings. The van der Waals surface area contributed by atoms with Crippen LogP contribution in [0, 0.1) is 12.7 Å². The molecule has 0 radical (unpaired) electrons. The maximum atomic E-state index is 12.9. The Balaban J connectivity index is 1.93. The molecule has 0 fully saturated rings. The monoisotopic (exact) mass is 301 g/mol. The minimum atomic E-state index is -0.606. The van der Waals surface area contributed by atoms with Gasteiger partial charge in [0.05, 0.1) is 6.04 Å². The summed E-state index contributed by atoms with van der Waals surface area (Å²) in [4.78, 5) is 12.2. The topological polar surface area (TPSA) is 38.3 Å². The fourth-order valence-corrected chi connectivity index (χ4v) is 2.04. The largest absolute Gasteiger partial charge is 0.481 e. The Bertz CT molecular complexity index is 623. The Morgan fingerprint density at radius 3 is 2.23 bits per heavy atom. The van der Waals surface area contributed by atoms with Gasteiger partial charge in [-0.2, -0.15) is 0 Å². The van der Waals surface area contributed by atoms with Gasteiger partial charge >= 0.3 is 0 Å². The van der Waals surface area contributed by atoms with Gasteiger partial charge in [0, 0.05) is 0 Å². The van der Waals surface area contributed by atoms with Crippen LogP contribution in [0.5, 0.6) is 5.75 Å². The predicted octanol–water partition coefficient (Wildman–Crippen LogP) is 3.78. The van der Waals surface area contributed by atoms with Crippen LogP contribution in [0.15, 0.2) is 48.5 Å². The first kappa shape index (κ1) is 16.0. The Hall–Kier alpha value is -2.36. The van der Waals surface area contributed by atoms with E-state index in [1.165, 1.54) is 12.1 Å². The van der Waals surface area contributed by atoms with E-state index in [9.17, 15) is 9.18 Å². The molecule has 0 saturated heterocycles.